The minimum Gasteiger partial charge on any atom is -0.467 e. The Morgan fingerprint density at radius 3 is 2.82 bits per heavy atom. The molecule has 1 fully saturated rings. The van der Waals surface area contributed by atoms with Crippen LogP contribution in [0.2, 0.25) is 0 Å². The summed E-state index contributed by atoms with van der Waals surface area (Å²) in [5.74, 6) is -0.0301. The van der Waals surface area contributed by atoms with Gasteiger partial charge in [0, 0.05) is 25.9 Å². The average Bonchev–Trinajstić information content (AvgIpc) is 3.47. The minimum absolute atomic E-state index is 0.0301. The number of para-hydroxylation sites is 1. The molecule has 0 radical (unpaired) electrons. The lowest BCUT2D eigenvalue weighted by molar-refractivity contribution is 0.0590. The van der Waals surface area contributed by atoms with Gasteiger partial charge in [-0.05, 0) is 29.6 Å². The fourth-order valence-electron chi connectivity index (χ4n) is 3.37. The number of fused-ring (bicyclic) bond motifs is 1. The van der Waals surface area contributed by atoms with Crippen LogP contribution < -0.4 is 4.74 Å². The standard InChI is InChI=1S/C20H18N4O2S2/c25-19(16-12-15(22-23-16)17-6-3-11-27-17)24-9-7-13(8-10-24)26-20-21-14-4-1-2-5-18(14)28-20/h1-6,11-13H,7-10H2,(H,22,23). The number of aromatic nitrogens is 3. The molecule has 5 rings (SSSR count). The number of carbonyl (C=O) groups excluding carboxylic acids is 1. The van der Waals surface area contributed by atoms with Crippen LogP contribution >= 0.6 is 22.7 Å². The van der Waals surface area contributed by atoms with Gasteiger partial charge in [-0.1, -0.05) is 29.5 Å². The van der Waals surface area contributed by atoms with Gasteiger partial charge in [0.2, 0.25) is 0 Å². The quantitative estimate of drug-likeness (QED) is 0.540. The number of benzene rings is 1. The van der Waals surface area contributed by atoms with E-state index in [1.807, 2.05) is 46.7 Å². The van der Waals surface area contributed by atoms with Crippen molar-refractivity contribution in [3.8, 4) is 15.8 Å². The van der Waals surface area contributed by atoms with E-state index in [2.05, 4.69) is 21.2 Å². The highest BCUT2D eigenvalue weighted by molar-refractivity contribution is 7.20. The predicted molar refractivity (Wildman–Crippen MR) is 111 cm³/mol. The topological polar surface area (TPSA) is 71.1 Å². The SMILES string of the molecule is O=C(c1cc(-c2cccs2)[nH]n1)N1CCC(Oc2nc3ccccc3s2)CC1. The van der Waals surface area contributed by atoms with Crippen LogP contribution in [0.15, 0.2) is 47.8 Å². The van der Waals surface area contributed by atoms with Gasteiger partial charge in [0.1, 0.15) is 6.10 Å². The van der Waals surface area contributed by atoms with Gasteiger partial charge in [0.15, 0.2) is 5.69 Å². The van der Waals surface area contributed by atoms with Crippen molar-refractivity contribution in [2.24, 2.45) is 0 Å². The molecule has 0 unspecified atom stereocenters. The van der Waals surface area contributed by atoms with Gasteiger partial charge < -0.3 is 9.64 Å². The first-order valence-corrected chi connectivity index (χ1v) is 10.9. The van der Waals surface area contributed by atoms with Crippen molar-refractivity contribution >= 4 is 38.8 Å². The number of hydrogen-bond acceptors (Lipinski definition) is 6. The van der Waals surface area contributed by atoms with Gasteiger partial charge in [-0.2, -0.15) is 5.10 Å². The van der Waals surface area contributed by atoms with E-state index in [0.717, 1.165) is 33.6 Å². The van der Waals surface area contributed by atoms with Gasteiger partial charge >= 0.3 is 0 Å². The lowest BCUT2D eigenvalue weighted by atomic mass is 10.1. The number of likely N-dealkylation sites (tertiary alicyclic amines) is 1. The normalized spacial score (nSPS) is 15.2. The Balaban J connectivity index is 1.20. The van der Waals surface area contributed by atoms with E-state index >= 15 is 0 Å². The molecule has 1 aliphatic heterocycles. The second-order valence-corrected chi connectivity index (χ2v) is 8.64. The van der Waals surface area contributed by atoms with Crippen LogP contribution in [0.5, 0.6) is 5.19 Å². The molecule has 0 bridgehead atoms. The van der Waals surface area contributed by atoms with E-state index in [9.17, 15) is 4.79 Å². The summed E-state index contributed by atoms with van der Waals surface area (Å²) >= 11 is 3.19. The Morgan fingerprint density at radius 2 is 2.04 bits per heavy atom. The van der Waals surface area contributed by atoms with Crippen molar-refractivity contribution in [3.63, 3.8) is 0 Å². The van der Waals surface area contributed by atoms with E-state index in [1.165, 1.54) is 0 Å². The molecule has 1 N–H and O–H groups in total. The molecule has 1 aromatic carbocycles. The van der Waals surface area contributed by atoms with Crippen LogP contribution in [0.4, 0.5) is 0 Å². The summed E-state index contributed by atoms with van der Waals surface area (Å²) in [5, 5.41) is 9.89. The molecule has 28 heavy (non-hydrogen) atoms. The lowest BCUT2D eigenvalue weighted by Crippen LogP contribution is -2.41. The van der Waals surface area contributed by atoms with E-state index < -0.39 is 0 Å². The number of H-pyrrole nitrogens is 1. The predicted octanol–water partition coefficient (Wildman–Crippen LogP) is 4.43. The highest BCUT2D eigenvalue weighted by Gasteiger charge is 2.27. The molecule has 8 heteroatoms. The number of thiophene rings is 1. The Bertz CT molecular complexity index is 1060. The van der Waals surface area contributed by atoms with Crippen molar-refractivity contribution in [3.05, 3.63) is 53.5 Å². The molecule has 0 atom stereocenters. The smallest absolute Gasteiger partial charge is 0.274 e. The van der Waals surface area contributed by atoms with Crippen molar-refractivity contribution in [1.82, 2.24) is 20.1 Å². The number of carbonyl (C=O) groups is 1. The second-order valence-electron chi connectivity index (χ2n) is 6.70. The van der Waals surface area contributed by atoms with E-state index in [4.69, 9.17) is 4.74 Å². The van der Waals surface area contributed by atoms with Crippen molar-refractivity contribution < 1.29 is 9.53 Å². The molecule has 1 aliphatic rings. The fraction of sp³-hybridized carbons (Fsp3) is 0.250. The second kappa shape index (κ2) is 7.37. The number of nitrogens with zero attached hydrogens (tertiary/aromatic N) is 3. The summed E-state index contributed by atoms with van der Waals surface area (Å²) in [6.07, 6.45) is 1.68. The third-order valence-electron chi connectivity index (χ3n) is 4.85. The van der Waals surface area contributed by atoms with Crippen molar-refractivity contribution in [1.29, 1.82) is 0 Å². The van der Waals surface area contributed by atoms with Crippen LogP contribution in [-0.2, 0) is 0 Å². The van der Waals surface area contributed by atoms with Crippen LogP contribution in [0.1, 0.15) is 23.3 Å². The number of piperidine rings is 1. The van der Waals surface area contributed by atoms with Gasteiger partial charge in [-0.25, -0.2) is 4.98 Å². The molecule has 4 aromatic rings. The summed E-state index contributed by atoms with van der Waals surface area (Å²) in [7, 11) is 0. The number of hydrogen-bond donors (Lipinski definition) is 1. The summed E-state index contributed by atoms with van der Waals surface area (Å²) < 4.78 is 7.21. The first kappa shape index (κ1) is 17.4. The first-order chi connectivity index (χ1) is 13.8. The monoisotopic (exact) mass is 410 g/mol. The maximum Gasteiger partial charge on any atom is 0.274 e. The van der Waals surface area contributed by atoms with Crippen LogP contribution in [-0.4, -0.2) is 45.2 Å². The molecule has 3 aromatic heterocycles. The first-order valence-electron chi connectivity index (χ1n) is 9.17. The summed E-state index contributed by atoms with van der Waals surface area (Å²) in [5.41, 5.74) is 2.32. The van der Waals surface area contributed by atoms with E-state index in [1.54, 1.807) is 22.7 Å². The number of aromatic amines is 1. The molecule has 1 saturated heterocycles. The molecule has 1 amide bonds. The maximum absolute atomic E-state index is 12.8. The zero-order valence-corrected chi connectivity index (χ0v) is 16.6. The number of nitrogens with one attached hydrogen (secondary N) is 1. The van der Waals surface area contributed by atoms with E-state index in [-0.39, 0.29) is 12.0 Å². The largest absolute Gasteiger partial charge is 0.467 e. The molecule has 6 nitrogen and oxygen atoms in total. The Kier molecular flexibility index (Phi) is 4.58. The van der Waals surface area contributed by atoms with Gasteiger partial charge in [0.25, 0.3) is 11.1 Å². The zero-order chi connectivity index (χ0) is 18.9. The molecule has 4 heterocycles. The molecule has 0 aliphatic carbocycles. The summed E-state index contributed by atoms with van der Waals surface area (Å²) in [6, 6.07) is 13.9. The van der Waals surface area contributed by atoms with Gasteiger partial charge in [-0.3, -0.25) is 9.89 Å². The van der Waals surface area contributed by atoms with Gasteiger partial charge in [0.05, 0.1) is 20.8 Å². The Morgan fingerprint density at radius 1 is 1.18 bits per heavy atom. The average molecular weight is 411 g/mol. The van der Waals surface area contributed by atoms with Crippen LogP contribution in [0.3, 0.4) is 0 Å². The lowest BCUT2D eigenvalue weighted by Gasteiger charge is -2.31. The third kappa shape index (κ3) is 3.41. The zero-order valence-electron chi connectivity index (χ0n) is 15.0. The molecular formula is C20H18N4O2S2. The summed E-state index contributed by atoms with van der Waals surface area (Å²) in [6.45, 7) is 1.32. The molecular weight excluding hydrogens is 392 g/mol. The Hall–Kier alpha value is -2.71. The third-order valence-corrected chi connectivity index (χ3v) is 6.68. The van der Waals surface area contributed by atoms with Crippen LogP contribution in [0, 0.1) is 0 Å². The maximum atomic E-state index is 12.8. The Labute approximate surface area is 169 Å². The van der Waals surface area contributed by atoms with Crippen molar-refractivity contribution in [2.45, 2.75) is 18.9 Å². The van der Waals surface area contributed by atoms with Crippen molar-refractivity contribution in [2.75, 3.05) is 13.1 Å². The number of thiazole rings is 1. The minimum atomic E-state index is -0.0301. The fourth-order valence-corrected chi connectivity index (χ4v) is 4.95. The van der Waals surface area contributed by atoms with Crippen LogP contribution in [0.25, 0.3) is 20.8 Å². The number of rotatable bonds is 4. The molecule has 142 valence electrons. The number of ether oxygens (including phenoxy) is 1. The molecule has 0 spiro atoms. The summed E-state index contributed by atoms with van der Waals surface area (Å²) in [4.78, 5) is 20.2. The van der Waals surface area contributed by atoms with E-state index in [0.29, 0.717) is 24.0 Å². The highest BCUT2D eigenvalue weighted by atomic mass is 32.1. The number of amides is 1. The highest BCUT2D eigenvalue weighted by Crippen LogP contribution is 2.30. The van der Waals surface area contributed by atoms with Gasteiger partial charge in [-0.15, -0.1) is 11.3 Å². The molecule has 0 saturated carbocycles.